The van der Waals surface area contributed by atoms with Crippen LogP contribution >= 0.6 is 35.6 Å². The minimum absolute atomic E-state index is 0. The molecule has 0 atom stereocenters. The van der Waals surface area contributed by atoms with Gasteiger partial charge in [0.05, 0.1) is 5.02 Å². The van der Waals surface area contributed by atoms with Gasteiger partial charge in [-0.15, -0.1) is 12.4 Å². The molecule has 0 radical (unpaired) electrons. The monoisotopic (exact) mass is 331 g/mol. The van der Waals surface area contributed by atoms with Crippen molar-refractivity contribution in [1.82, 2.24) is 5.32 Å². The van der Waals surface area contributed by atoms with E-state index in [-0.39, 0.29) is 18.2 Å². The van der Waals surface area contributed by atoms with Crippen LogP contribution in [0.5, 0.6) is 0 Å². The van der Waals surface area contributed by atoms with Crippen molar-refractivity contribution >= 4 is 35.6 Å². The zero-order valence-corrected chi connectivity index (χ0v) is 12.9. The van der Waals surface area contributed by atoms with E-state index in [4.69, 9.17) is 23.2 Å². The van der Waals surface area contributed by atoms with Gasteiger partial charge in [-0.3, -0.25) is 0 Å². The second kappa shape index (κ2) is 6.31. The Labute approximate surface area is 133 Å². The van der Waals surface area contributed by atoms with Gasteiger partial charge in [0.25, 0.3) is 0 Å². The molecule has 0 amide bonds. The Morgan fingerprint density at radius 1 is 1.00 bits per heavy atom. The van der Waals surface area contributed by atoms with Gasteiger partial charge in [0.15, 0.2) is 0 Å². The first-order valence-corrected chi connectivity index (χ1v) is 6.89. The van der Waals surface area contributed by atoms with E-state index < -0.39 is 0 Å². The van der Waals surface area contributed by atoms with Gasteiger partial charge < -0.3 is 5.32 Å². The van der Waals surface area contributed by atoms with Crippen molar-refractivity contribution in [3.05, 3.63) is 57.3 Å². The maximum absolute atomic E-state index is 14.1. The van der Waals surface area contributed by atoms with Crippen LogP contribution in [0.1, 0.15) is 11.1 Å². The van der Waals surface area contributed by atoms with Crippen LogP contribution < -0.4 is 5.32 Å². The molecular weight excluding hydrogens is 320 g/mol. The zero-order valence-electron chi connectivity index (χ0n) is 10.6. The third kappa shape index (κ3) is 2.66. The number of hydrogen-bond donors (Lipinski definition) is 1. The molecule has 1 aliphatic rings. The molecule has 2 aromatic carbocycles. The molecular formula is C15H13Cl3FN. The molecule has 0 saturated carbocycles. The largest absolute Gasteiger partial charge is 0.312 e. The molecule has 5 heteroatoms. The summed E-state index contributed by atoms with van der Waals surface area (Å²) in [6.45, 7) is 1.58. The molecule has 2 aromatic rings. The number of nitrogens with one attached hydrogen (secondary N) is 1. The van der Waals surface area contributed by atoms with E-state index in [2.05, 4.69) is 5.32 Å². The normalized spacial score (nSPS) is 13.6. The SMILES string of the molecule is Cl.Fc1cccc(Cl)c1-c1ccc(Cl)c2c1CNCC2. The summed E-state index contributed by atoms with van der Waals surface area (Å²) in [5.74, 6) is -0.303. The third-order valence-corrected chi connectivity index (χ3v) is 4.13. The standard InChI is InChI=1S/C15H12Cl2FN.ClH/c16-12-5-4-10(11-8-19-7-6-9(11)12)15-13(17)2-1-3-14(15)18;/h1-5,19H,6-8H2;1H. The maximum atomic E-state index is 14.1. The van der Waals surface area contributed by atoms with Crippen molar-refractivity contribution in [2.45, 2.75) is 13.0 Å². The summed E-state index contributed by atoms with van der Waals surface area (Å²) in [5.41, 5.74) is 3.43. The fraction of sp³-hybridized carbons (Fsp3) is 0.200. The number of fused-ring (bicyclic) bond motifs is 1. The highest BCUT2D eigenvalue weighted by Crippen LogP contribution is 2.37. The summed E-state index contributed by atoms with van der Waals surface area (Å²) in [5, 5.41) is 4.46. The molecule has 0 saturated heterocycles. The van der Waals surface area contributed by atoms with E-state index in [0.717, 1.165) is 34.7 Å². The van der Waals surface area contributed by atoms with Crippen molar-refractivity contribution < 1.29 is 4.39 Å². The van der Waals surface area contributed by atoms with E-state index in [1.54, 1.807) is 12.1 Å². The van der Waals surface area contributed by atoms with Crippen LogP contribution in [0.2, 0.25) is 10.0 Å². The zero-order chi connectivity index (χ0) is 13.4. The maximum Gasteiger partial charge on any atom is 0.132 e. The van der Waals surface area contributed by atoms with Gasteiger partial charge in [-0.25, -0.2) is 4.39 Å². The molecule has 1 aliphatic heterocycles. The smallest absolute Gasteiger partial charge is 0.132 e. The fourth-order valence-corrected chi connectivity index (χ4v) is 3.09. The minimum atomic E-state index is -0.303. The molecule has 0 spiro atoms. The quantitative estimate of drug-likeness (QED) is 0.786. The van der Waals surface area contributed by atoms with Crippen LogP contribution in [-0.2, 0) is 13.0 Å². The highest BCUT2D eigenvalue weighted by molar-refractivity contribution is 6.33. The number of benzene rings is 2. The fourth-order valence-electron chi connectivity index (χ4n) is 2.55. The van der Waals surface area contributed by atoms with Crippen molar-refractivity contribution in [3.63, 3.8) is 0 Å². The predicted molar refractivity (Wildman–Crippen MR) is 84.5 cm³/mol. The summed E-state index contributed by atoms with van der Waals surface area (Å²) in [6, 6.07) is 8.42. The molecule has 106 valence electrons. The first-order valence-electron chi connectivity index (χ1n) is 6.14. The van der Waals surface area contributed by atoms with E-state index >= 15 is 0 Å². The molecule has 1 heterocycles. The van der Waals surface area contributed by atoms with Gasteiger partial charge in [-0.2, -0.15) is 0 Å². The van der Waals surface area contributed by atoms with Crippen molar-refractivity contribution in [1.29, 1.82) is 0 Å². The number of halogens is 4. The van der Waals surface area contributed by atoms with E-state index in [1.165, 1.54) is 6.07 Å². The highest BCUT2D eigenvalue weighted by atomic mass is 35.5. The van der Waals surface area contributed by atoms with Gasteiger partial charge in [0.2, 0.25) is 0 Å². The molecule has 0 aliphatic carbocycles. The number of rotatable bonds is 1. The minimum Gasteiger partial charge on any atom is -0.312 e. The van der Waals surface area contributed by atoms with Gasteiger partial charge in [0.1, 0.15) is 5.82 Å². The van der Waals surface area contributed by atoms with Crippen LogP contribution in [0.25, 0.3) is 11.1 Å². The highest BCUT2D eigenvalue weighted by Gasteiger charge is 2.20. The van der Waals surface area contributed by atoms with Gasteiger partial charge >= 0.3 is 0 Å². The van der Waals surface area contributed by atoms with Gasteiger partial charge in [-0.05, 0) is 47.9 Å². The first kappa shape index (κ1) is 15.6. The lowest BCUT2D eigenvalue weighted by Gasteiger charge is -2.22. The molecule has 0 bridgehead atoms. The van der Waals surface area contributed by atoms with Crippen LogP contribution in [-0.4, -0.2) is 6.54 Å². The van der Waals surface area contributed by atoms with Crippen LogP contribution in [0.4, 0.5) is 4.39 Å². The lowest BCUT2D eigenvalue weighted by molar-refractivity contribution is 0.627. The Bertz CT molecular complexity index is 623. The molecule has 1 N–H and O–H groups in total. The van der Waals surface area contributed by atoms with Gasteiger partial charge in [0, 0.05) is 17.1 Å². The molecule has 0 unspecified atom stereocenters. The predicted octanol–water partition coefficient (Wildman–Crippen LogP) is 4.87. The first-order chi connectivity index (χ1) is 9.18. The molecule has 1 nitrogen and oxygen atoms in total. The summed E-state index contributed by atoms with van der Waals surface area (Å²) in [6.07, 6.45) is 0.855. The van der Waals surface area contributed by atoms with Crippen molar-refractivity contribution in [3.8, 4) is 11.1 Å². The summed E-state index contributed by atoms with van der Waals surface area (Å²) in [7, 11) is 0. The summed E-state index contributed by atoms with van der Waals surface area (Å²) in [4.78, 5) is 0. The molecule has 3 rings (SSSR count). The average molecular weight is 333 g/mol. The lowest BCUT2D eigenvalue weighted by Crippen LogP contribution is -2.24. The topological polar surface area (TPSA) is 12.0 Å². The summed E-state index contributed by atoms with van der Waals surface area (Å²) < 4.78 is 14.1. The Kier molecular flexibility index (Phi) is 4.92. The second-order valence-corrected chi connectivity index (χ2v) is 5.39. The Hall–Kier alpha value is -0.800. The average Bonchev–Trinajstić information content (AvgIpc) is 2.41. The van der Waals surface area contributed by atoms with E-state index in [1.807, 2.05) is 12.1 Å². The molecule has 0 aromatic heterocycles. The molecule has 20 heavy (non-hydrogen) atoms. The van der Waals surface area contributed by atoms with E-state index in [9.17, 15) is 4.39 Å². The third-order valence-electron chi connectivity index (χ3n) is 3.46. The van der Waals surface area contributed by atoms with Crippen LogP contribution in [0.15, 0.2) is 30.3 Å². The Morgan fingerprint density at radius 3 is 2.55 bits per heavy atom. The second-order valence-electron chi connectivity index (χ2n) is 4.58. The van der Waals surface area contributed by atoms with Crippen LogP contribution in [0, 0.1) is 5.82 Å². The van der Waals surface area contributed by atoms with Crippen molar-refractivity contribution in [2.75, 3.05) is 6.54 Å². The summed E-state index contributed by atoms with van der Waals surface area (Å²) >= 11 is 12.4. The van der Waals surface area contributed by atoms with E-state index in [0.29, 0.717) is 17.1 Å². The number of hydrogen-bond acceptors (Lipinski definition) is 1. The molecule has 0 fully saturated rings. The van der Waals surface area contributed by atoms with Gasteiger partial charge in [-0.1, -0.05) is 35.3 Å². The van der Waals surface area contributed by atoms with Crippen LogP contribution in [0.3, 0.4) is 0 Å². The Morgan fingerprint density at radius 2 is 1.80 bits per heavy atom. The lowest BCUT2D eigenvalue weighted by atomic mass is 9.91. The van der Waals surface area contributed by atoms with Crippen molar-refractivity contribution in [2.24, 2.45) is 0 Å². The Balaban J connectivity index is 0.00000147.